The van der Waals surface area contributed by atoms with Gasteiger partial charge in [0.05, 0.1) is 19.8 Å². The van der Waals surface area contributed by atoms with Crippen molar-refractivity contribution < 1.29 is 19.3 Å². The predicted octanol–water partition coefficient (Wildman–Crippen LogP) is 1.59. The van der Waals surface area contributed by atoms with Gasteiger partial charge in [0.1, 0.15) is 18.5 Å². The first-order valence-corrected chi connectivity index (χ1v) is 7.44. The van der Waals surface area contributed by atoms with Gasteiger partial charge in [-0.05, 0) is 19.0 Å². The average Bonchev–Trinajstić information content (AvgIpc) is 2.51. The molecule has 2 N–H and O–H groups in total. The van der Waals surface area contributed by atoms with Crippen LogP contribution < -0.4 is 10.1 Å². The van der Waals surface area contributed by atoms with Gasteiger partial charge in [0.2, 0.25) is 0 Å². The number of hydrogen-bond donors (Lipinski definition) is 2. The van der Waals surface area contributed by atoms with Crippen molar-refractivity contribution in [3.05, 3.63) is 29.8 Å². The van der Waals surface area contributed by atoms with Crippen molar-refractivity contribution in [1.82, 2.24) is 5.32 Å². The third kappa shape index (κ3) is 8.02. The smallest absolute Gasteiger partial charge is 0.123 e. The molecule has 0 saturated heterocycles. The number of aliphatic hydroxyl groups is 1. The van der Waals surface area contributed by atoms with Gasteiger partial charge in [-0.3, -0.25) is 0 Å². The summed E-state index contributed by atoms with van der Waals surface area (Å²) in [5.74, 6) is 0.803. The molecule has 1 rings (SSSR count). The summed E-state index contributed by atoms with van der Waals surface area (Å²) in [5.41, 5.74) is 1.10. The van der Waals surface area contributed by atoms with Crippen LogP contribution in [0.3, 0.4) is 0 Å². The number of methoxy groups -OCH3 is 1. The highest BCUT2D eigenvalue weighted by molar-refractivity contribution is 5.33. The molecule has 0 aliphatic carbocycles. The van der Waals surface area contributed by atoms with E-state index in [0.717, 1.165) is 30.8 Å². The molecule has 1 atom stereocenters. The third-order valence-corrected chi connectivity index (χ3v) is 2.89. The molecule has 5 heteroatoms. The molecule has 0 bridgehead atoms. The summed E-state index contributed by atoms with van der Waals surface area (Å²) in [4.78, 5) is 0. The minimum Gasteiger partial charge on any atom is -0.490 e. The maximum Gasteiger partial charge on any atom is 0.123 e. The van der Waals surface area contributed by atoms with E-state index in [4.69, 9.17) is 14.2 Å². The lowest BCUT2D eigenvalue weighted by Gasteiger charge is -2.15. The fourth-order valence-corrected chi connectivity index (χ4v) is 1.79. The first kappa shape index (κ1) is 17.9. The molecule has 1 aromatic rings. The van der Waals surface area contributed by atoms with Gasteiger partial charge in [0, 0.05) is 19.2 Å². The van der Waals surface area contributed by atoms with E-state index in [1.54, 1.807) is 7.11 Å². The average molecular weight is 297 g/mol. The van der Waals surface area contributed by atoms with E-state index >= 15 is 0 Å². The Hall–Kier alpha value is -1.14. The van der Waals surface area contributed by atoms with Gasteiger partial charge < -0.3 is 24.6 Å². The fraction of sp³-hybridized carbons (Fsp3) is 0.625. The van der Waals surface area contributed by atoms with Crippen LogP contribution in [0.2, 0.25) is 0 Å². The Morgan fingerprint density at radius 2 is 2.00 bits per heavy atom. The SMILES string of the molecule is CCCNCc1ccccc1OCC(O)COCCOC. The molecule has 5 nitrogen and oxygen atoms in total. The number of hydrogen-bond acceptors (Lipinski definition) is 5. The lowest BCUT2D eigenvalue weighted by atomic mass is 10.2. The Balaban J connectivity index is 2.33. The molecule has 1 unspecified atom stereocenters. The predicted molar refractivity (Wildman–Crippen MR) is 82.6 cm³/mol. The van der Waals surface area contributed by atoms with Crippen LogP contribution in [-0.4, -0.2) is 51.3 Å². The molecule has 0 saturated carbocycles. The van der Waals surface area contributed by atoms with Gasteiger partial charge in [0.25, 0.3) is 0 Å². The first-order valence-electron chi connectivity index (χ1n) is 7.44. The van der Waals surface area contributed by atoms with Crippen molar-refractivity contribution in [2.24, 2.45) is 0 Å². The zero-order chi connectivity index (χ0) is 15.3. The van der Waals surface area contributed by atoms with Crippen LogP contribution in [0.4, 0.5) is 0 Å². The monoisotopic (exact) mass is 297 g/mol. The second-order valence-electron chi connectivity index (χ2n) is 4.82. The molecule has 0 aliphatic heterocycles. The van der Waals surface area contributed by atoms with E-state index in [9.17, 15) is 5.11 Å². The normalized spacial score (nSPS) is 12.3. The second-order valence-corrected chi connectivity index (χ2v) is 4.82. The summed E-state index contributed by atoms with van der Waals surface area (Å²) in [6.07, 6.45) is 0.458. The lowest BCUT2D eigenvalue weighted by Crippen LogP contribution is -2.25. The Morgan fingerprint density at radius 1 is 1.19 bits per heavy atom. The van der Waals surface area contributed by atoms with Crippen LogP contribution in [-0.2, 0) is 16.0 Å². The van der Waals surface area contributed by atoms with Crippen molar-refractivity contribution in [3.63, 3.8) is 0 Å². The maximum atomic E-state index is 9.81. The molecule has 120 valence electrons. The minimum absolute atomic E-state index is 0.220. The van der Waals surface area contributed by atoms with Gasteiger partial charge in [-0.25, -0.2) is 0 Å². The highest BCUT2D eigenvalue weighted by atomic mass is 16.5. The van der Waals surface area contributed by atoms with Gasteiger partial charge >= 0.3 is 0 Å². The number of nitrogens with one attached hydrogen (secondary N) is 1. The van der Waals surface area contributed by atoms with Crippen molar-refractivity contribution in [3.8, 4) is 5.75 Å². The van der Waals surface area contributed by atoms with Crippen molar-refractivity contribution in [2.45, 2.75) is 26.0 Å². The van der Waals surface area contributed by atoms with Crippen molar-refractivity contribution >= 4 is 0 Å². The Labute approximate surface area is 127 Å². The van der Waals surface area contributed by atoms with Gasteiger partial charge in [-0.2, -0.15) is 0 Å². The molecule has 0 spiro atoms. The van der Waals surface area contributed by atoms with Crippen LogP contribution in [0.5, 0.6) is 5.75 Å². The molecule has 0 aromatic heterocycles. The third-order valence-electron chi connectivity index (χ3n) is 2.89. The van der Waals surface area contributed by atoms with Crippen LogP contribution in [0.25, 0.3) is 0 Å². The van der Waals surface area contributed by atoms with E-state index in [1.807, 2.05) is 24.3 Å². The summed E-state index contributed by atoms with van der Waals surface area (Å²) >= 11 is 0. The van der Waals surface area contributed by atoms with Gasteiger partial charge in [0.15, 0.2) is 0 Å². The first-order chi connectivity index (χ1) is 10.3. The van der Waals surface area contributed by atoms with Crippen LogP contribution >= 0.6 is 0 Å². The highest BCUT2D eigenvalue weighted by Crippen LogP contribution is 2.17. The quantitative estimate of drug-likeness (QED) is 0.574. The van der Waals surface area contributed by atoms with E-state index in [-0.39, 0.29) is 13.2 Å². The largest absolute Gasteiger partial charge is 0.490 e. The van der Waals surface area contributed by atoms with Crippen LogP contribution in [0.1, 0.15) is 18.9 Å². The number of aliphatic hydroxyl groups excluding tert-OH is 1. The van der Waals surface area contributed by atoms with Crippen molar-refractivity contribution in [1.29, 1.82) is 0 Å². The van der Waals surface area contributed by atoms with Crippen LogP contribution in [0.15, 0.2) is 24.3 Å². The number of para-hydroxylation sites is 1. The van der Waals surface area contributed by atoms with Crippen molar-refractivity contribution in [2.75, 3.05) is 40.1 Å². The van der Waals surface area contributed by atoms with E-state index in [1.165, 1.54) is 0 Å². The Kier molecular flexibility index (Phi) is 9.82. The van der Waals surface area contributed by atoms with E-state index in [0.29, 0.717) is 13.2 Å². The molecule has 0 radical (unpaired) electrons. The topological polar surface area (TPSA) is 60.0 Å². The standard InChI is InChI=1S/C16H27NO4/c1-3-8-17-11-14-6-4-5-7-16(14)21-13-15(18)12-20-10-9-19-2/h4-7,15,17-18H,3,8-13H2,1-2H3. The van der Waals surface area contributed by atoms with Gasteiger partial charge in [-0.15, -0.1) is 0 Å². The highest BCUT2D eigenvalue weighted by Gasteiger charge is 2.08. The summed E-state index contributed by atoms with van der Waals surface area (Å²) in [7, 11) is 1.62. The molecule has 21 heavy (non-hydrogen) atoms. The zero-order valence-corrected chi connectivity index (χ0v) is 13.0. The summed E-state index contributed by atoms with van der Waals surface area (Å²) in [6.45, 7) is 5.35. The Morgan fingerprint density at radius 3 is 2.76 bits per heavy atom. The summed E-state index contributed by atoms with van der Waals surface area (Å²) < 4.78 is 15.8. The number of rotatable bonds is 12. The second kappa shape index (κ2) is 11.5. The molecule has 0 amide bonds. The Bertz CT molecular complexity index is 373. The van der Waals surface area contributed by atoms with E-state index < -0.39 is 6.10 Å². The number of ether oxygens (including phenoxy) is 3. The molecule has 0 heterocycles. The summed E-state index contributed by atoms with van der Waals surface area (Å²) in [5, 5.41) is 13.2. The summed E-state index contributed by atoms with van der Waals surface area (Å²) in [6, 6.07) is 7.86. The zero-order valence-electron chi connectivity index (χ0n) is 13.0. The molecular weight excluding hydrogens is 270 g/mol. The maximum absolute atomic E-state index is 9.81. The fourth-order valence-electron chi connectivity index (χ4n) is 1.79. The molecule has 0 aliphatic rings. The number of benzene rings is 1. The molecule has 1 aromatic carbocycles. The van der Waals surface area contributed by atoms with Crippen LogP contribution in [0, 0.1) is 0 Å². The lowest BCUT2D eigenvalue weighted by molar-refractivity contribution is -0.00432. The van der Waals surface area contributed by atoms with Gasteiger partial charge in [-0.1, -0.05) is 25.1 Å². The molecular formula is C16H27NO4. The minimum atomic E-state index is -0.640. The molecule has 0 fully saturated rings. The van der Waals surface area contributed by atoms with E-state index in [2.05, 4.69) is 12.2 Å².